The van der Waals surface area contributed by atoms with E-state index in [0.29, 0.717) is 0 Å². The van der Waals surface area contributed by atoms with Crippen LogP contribution in [0.1, 0.15) is 7.43 Å². The van der Waals surface area contributed by atoms with Crippen LogP contribution < -0.4 is 0 Å². The van der Waals surface area contributed by atoms with Gasteiger partial charge in [-0.15, -0.1) is 0 Å². The summed E-state index contributed by atoms with van der Waals surface area (Å²) in [4.78, 5) is 0. The van der Waals surface area contributed by atoms with E-state index in [1.807, 2.05) is 0 Å². The van der Waals surface area contributed by atoms with E-state index in [2.05, 4.69) is 0 Å². The van der Waals surface area contributed by atoms with Gasteiger partial charge in [0, 0.05) is 19.5 Å². The van der Waals surface area contributed by atoms with Gasteiger partial charge in [0.1, 0.15) is 0 Å². The topological polar surface area (TPSA) is 17.1 Å². The Morgan fingerprint density at radius 3 is 1.25 bits per heavy atom. The molecule has 0 saturated carbocycles. The smallest absolute Gasteiger partial charge is 0 e. The molecule has 0 fully saturated rings. The molecule has 0 bridgehead atoms. The van der Waals surface area contributed by atoms with Crippen molar-refractivity contribution in [1.29, 1.82) is 0 Å². The molecule has 0 aliphatic carbocycles. The molecular formula is CH4OPdRh. The Morgan fingerprint density at radius 2 is 1.25 bits per heavy atom. The Kier molecular flexibility index (Phi) is 161. The molecule has 0 aliphatic rings. The standard InChI is InChI=1S/CH4.O.Pd.Rh/h1H4;;;. The SMILES string of the molecule is C.[O]=[Pd].[Rh]. The van der Waals surface area contributed by atoms with E-state index >= 15 is 0 Å². The molecule has 3 heteroatoms. The van der Waals surface area contributed by atoms with Gasteiger partial charge in [-0.3, -0.25) is 0 Å². The average Bonchev–Trinajstić information content (AvgIpc) is 1.00. The van der Waals surface area contributed by atoms with Crippen molar-refractivity contribution < 1.29 is 42.1 Å². The van der Waals surface area contributed by atoms with Gasteiger partial charge in [-0.25, -0.2) is 0 Å². The molecule has 1 radical (unpaired) electrons. The summed E-state index contributed by atoms with van der Waals surface area (Å²) in [7, 11) is 0. The van der Waals surface area contributed by atoms with Crippen LogP contribution in [-0.2, 0) is 42.1 Å². The zero-order valence-electron chi connectivity index (χ0n) is 1.06. The molecule has 0 amide bonds. The maximum atomic E-state index is 8.10. The van der Waals surface area contributed by atoms with Crippen LogP contribution in [0.15, 0.2) is 0 Å². The van der Waals surface area contributed by atoms with E-state index in [0.717, 1.165) is 0 Å². The van der Waals surface area contributed by atoms with Crippen LogP contribution in [0.25, 0.3) is 0 Å². The van der Waals surface area contributed by atoms with E-state index < -0.39 is 0 Å². The minimum atomic E-state index is 0. The van der Waals surface area contributed by atoms with Crippen molar-refractivity contribution in [3.05, 3.63) is 0 Å². The molecule has 0 rings (SSSR count). The molecule has 0 spiro atoms. The number of hydrogen-bond donors (Lipinski definition) is 0. The predicted octanol–water partition coefficient (Wildman–Crippen LogP) is 0.512. The third-order valence-electron chi connectivity index (χ3n) is 0. The molecule has 0 aromatic rings. The third kappa shape index (κ3) is 11.4. The van der Waals surface area contributed by atoms with Crippen LogP contribution in [0.5, 0.6) is 0 Å². The van der Waals surface area contributed by atoms with Crippen LogP contribution in [0, 0.1) is 0 Å². The van der Waals surface area contributed by atoms with Crippen LogP contribution in [-0.4, -0.2) is 0 Å². The van der Waals surface area contributed by atoms with Gasteiger partial charge < -0.3 is 0 Å². The first-order valence-corrected chi connectivity index (χ1v) is 0.764. The van der Waals surface area contributed by atoms with Crippen LogP contribution in [0.3, 0.4) is 0 Å². The molecule has 4 heavy (non-hydrogen) atoms. The maximum absolute atomic E-state index is 8.10. The monoisotopic (exact) mass is 241 g/mol. The molecule has 0 aromatic heterocycles. The van der Waals surface area contributed by atoms with Crippen molar-refractivity contribution >= 4 is 0 Å². The average molecular weight is 241 g/mol. The summed E-state index contributed by atoms with van der Waals surface area (Å²) < 4.78 is 8.10. The van der Waals surface area contributed by atoms with Gasteiger partial charge in [-0.2, -0.15) is 0 Å². The Labute approximate surface area is 49.6 Å². The van der Waals surface area contributed by atoms with E-state index in [4.69, 9.17) is 3.47 Å². The zero-order chi connectivity index (χ0) is 2.00. The summed E-state index contributed by atoms with van der Waals surface area (Å²) in [5, 5.41) is 0. The fourth-order valence-corrected chi connectivity index (χ4v) is 0. The molecular weight excluding hydrogens is 237 g/mol. The first-order chi connectivity index (χ1) is 1.00. The summed E-state index contributed by atoms with van der Waals surface area (Å²) in [6.45, 7) is 0. The van der Waals surface area contributed by atoms with Gasteiger partial charge in [-0.1, -0.05) is 7.43 Å². The summed E-state index contributed by atoms with van der Waals surface area (Å²) in [6, 6.07) is 0. The Balaban J connectivity index is -0.00000000500. The normalized spacial score (nSPS) is 1.50. The molecule has 0 atom stereocenters. The first kappa shape index (κ1) is 19.5. The fourth-order valence-electron chi connectivity index (χ4n) is 0. The molecule has 33 valence electrons. The van der Waals surface area contributed by atoms with Crippen LogP contribution in [0.2, 0.25) is 0 Å². The number of hydrogen-bond acceptors (Lipinski definition) is 1. The van der Waals surface area contributed by atoms with E-state index in [9.17, 15) is 0 Å². The quantitative estimate of drug-likeness (QED) is 0.565. The molecule has 1 nitrogen and oxygen atoms in total. The maximum Gasteiger partial charge on any atom is 0 e. The van der Waals surface area contributed by atoms with Crippen molar-refractivity contribution in [1.82, 2.24) is 0 Å². The third-order valence-corrected chi connectivity index (χ3v) is 0. The minimum Gasteiger partial charge on any atom is 0 e. The molecule has 0 saturated heterocycles. The Morgan fingerprint density at radius 1 is 1.25 bits per heavy atom. The zero-order valence-corrected chi connectivity index (χ0v) is 4.25. The summed E-state index contributed by atoms with van der Waals surface area (Å²) in [5.41, 5.74) is 0. The number of rotatable bonds is 0. The molecule has 0 heterocycles. The van der Waals surface area contributed by atoms with E-state index in [1.54, 1.807) is 0 Å². The van der Waals surface area contributed by atoms with Crippen LogP contribution in [0.4, 0.5) is 0 Å². The fraction of sp³-hybridized carbons (Fsp3) is 1.00. The Bertz CT molecular complexity index is 8.00. The van der Waals surface area contributed by atoms with Crippen LogP contribution >= 0.6 is 0 Å². The molecule has 0 aliphatic heterocycles. The van der Waals surface area contributed by atoms with Crippen molar-refractivity contribution in [2.45, 2.75) is 7.43 Å². The van der Waals surface area contributed by atoms with Gasteiger partial charge in [0.15, 0.2) is 0 Å². The molecule has 0 N–H and O–H groups in total. The Hall–Kier alpha value is 1.09. The second-order valence-corrected chi connectivity index (χ2v) is 0. The van der Waals surface area contributed by atoms with Crippen molar-refractivity contribution in [2.75, 3.05) is 0 Å². The second-order valence-electron chi connectivity index (χ2n) is 0. The summed E-state index contributed by atoms with van der Waals surface area (Å²) in [5.74, 6) is 0. The van der Waals surface area contributed by atoms with Crippen molar-refractivity contribution in [2.24, 2.45) is 0 Å². The van der Waals surface area contributed by atoms with Crippen molar-refractivity contribution in [3.63, 3.8) is 0 Å². The molecule has 0 unspecified atom stereocenters. The first-order valence-electron chi connectivity index (χ1n) is 0.129. The summed E-state index contributed by atoms with van der Waals surface area (Å²) in [6.07, 6.45) is 0. The van der Waals surface area contributed by atoms with Gasteiger partial charge in [0.25, 0.3) is 0 Å². The predicted molar refractivity (Wildman–Crippen MR) is 7.42 cm³/mol. The van der Waals surface area contributed by atoms with Crippen molar-refractivity contribution in [3.8, 4) is 0 Å². The summed E-state index contributed by atoms with van der Waals surface area (Å²) >= 11 is 1.50. The molecule has 0 aromatic carbocycles. The second kappa shape index (κ2) is 33.0. The largest absolute Gasteiger partial charge is 0 e. The van der Waals surface area contributed by atoms with E-state index in [-0.39, 0.29) is 26.9 Å². The van der Waals surface area contributed by atoms with Gasteiger partial charge in [0.2, 0.25) is 0 Å². The van der Waals surface area contributed by atoms with Gasteiger partial charge in [-0.05, 0) is 0 Å². The van der Waals surface area contributed by atoms with Gasteiger partial charge >= 0.3 is 22.6 Å². The minimum absolute atomic E-state index is 0. The van der Waals surface area contributed by atoms with E-state index in [1.165, 1.54) is 19.2 Å². The van der Waals surface area contributed by atoms with Gasteiger partial charge in [0.05, 0.1) is 0 Å².